The molecule has 5 nitrogen and oxygen atoms in total. The molecular formula is C17H25NO4. The van der Waals surface area contributed by atoms with Gasteiger partial charge in [-0.1, -0.05) is 17.7 Å². The first-order chi connectivity index (χ1) is 10.3. The second-order valence-corrected chi connectivity index (χ2v) is 5.59. The van der Waals surface area contributed by atoms with Crippen molar-refractivity contribution in [2.24, 2.45) is 0 Å². The highest BCUT2D eigenvalue weighted by Crippen LogP contribution is 2.26. The van der Waals surface area contributed by atoms with Gasteiger partial charge in [-0.05, 0) is 37.8 Å². The number of carboxylic acid groups (broad SMARTS) is 1. The average molecular weight is 307 g/mol. The van der Waals surface area contributed by atoms with E-state index >= 15 is 0 Å². The Morgan fingerprint density at radius 2 is 1.91 bits per heavy atom. The number of aryl methyl sites for hydroxylation is 3. The van der Waals surface area contributed by atoms with E-state index in [1.165, 1.54) is 10.5 Å². The lowest BCUT2D eigenvalue weighted by Crippen LogP contribution is -2.28. The molecule has 22 heavy (non-hydrogen) atoms. The summed E-state index contributed by atoms with van der Waals surface area (Å²) in [5, 5.41) is 8.63. The molecule has 5 heteroatoms. The van der Waals surface area contributed by atoms with Crippen molar-refractivity contribution < 1.29 is 19.4 Å². The smallest absolute Gasteiger partial charge is 0.305 e. The third kappa shape index (κ3) is 5.39. The van der Waals surface area contributed by atoms with Crippen LogP contribution >= 0.6 is 0 Å². The Labute approximate surface area is 131 Å². The second kappa shape index (κ2) is 8.41. The predicted molar refractivity (Wildman–Crippen MR) is 85.3 cm³/mol. The molecule has 1 amide bonds. The minimum Gasteiger partial charge on any atom is -0.496 e. The summed E-state index contributed by atoms with van der Waals surface area (Å²) in [4.78, 5) is 23.9. The number of carbonyl (C=O) groups is 2. The fraction of sp³-hybridized carbons (Fsp3) is 0.529. The molecular weight excluding hydrogens is 282 g/mol. The number of rotatable bonds is 8. The highest BCUT2D eigenvalue weighted by molar-refractivity contribution is 5.76. The highest BCUT2D eigenvalue weighted by atomic mass is 16.5. The monoisotopic (exact) mass is 307 g/mol. The molecule has 122 valence electrons. The zero-order valence-corrected chi connectivity index (χ0v) is 13.8. The van der Waals surface area contributed by atoms with Crippen LogP contribution in [0.15, 0.2) is 12.1 Å². The van der Waals surface area contributed by atoms with Gasteiger partial charge in [0, 0.05) is 20.0 Å². The third-order valence-electron chi connectivity index (χ3n) is 3.62. The SMILES string of the molecule is COc1c(C)cc(C)cc1CCCC(=O)N(C)CCC(=O)O. The Morgan fingerprint density at radius 3 is 2.50 bits per heavy atom. The summed E-state index contributed by atoms with van der Waals surface area (Å²) in [7, 11) is 3.30. The van der Waals surface area contributed by atoms with E-state index in [9.17, 15) is 9.59 Å². The minimum absolute atomic E-state index is 0.0207. The van der Waals surface area contributed by atoms with Gasteiger partial charge < -0.3 is 14.7 Å². The molecule has 1 N–H and O–H groups in total. The Balaban J connectivity index is 2.54. The van der Waals surface area contributed by atoms with Crippen molar-refractivity contribution >= 4 is 11.9 Å². The molecule has 0 aliphatic carbocycles. The maximum Gasteiger partial charge on any atom is 0.305 e. The van der Waals surface area contributed by atoms with Crippen LogP contribution in [0.2, 0.25) is 0 Å². The summed E-state index contributed by atoms with van der Waals surface area (Å²) in [5.74, 6) is -0.0264. The van der Waals surface area contributed by atoms with Gasteiger partial charge in [0.15, 0.2) is 0 Å². The van der Waals surface area contributed by atoms with E-state index in [2.05, 4.69) is 12.1 Å². The van der Waals surface area contributed by atoms with E-state index in [-0.39, 0.29) is 18.9 Å². The maximum absolute atomic E-state index is 11.9. The summed E-state index contributed by atoms with van der Waals surface area (Å²) in [6.07, 6.45) is 1.87. The molecule has 0 fully saturated rings. The van der Waals surface area contributed by atoms with Crippen molar-refractivity contribution in [2.45, 2.75) is 39.5 Å². The first-order valence-electron chi connectivity index (χ1n) is 7.45. The fourth-order valence-corrected chi connectivity index (χ4v) is 2.53. The summed E-state index contributed by atoms with van der Waals surface area (Å²) >= 11 is 0. The quantitative estimate of drug-likeness (QED) is 0.801. The molecule has 0 radical (unpaired) electrons. The number of carboxylic acids is 1. The number of ether oxygens (including phenoxy) is 1. The molecule has 0 aliphatic rings. The van der Waals surface area contributed by atoms with E-state index in [0.717, 1.165) is 29.7 Å². The molecule has 0 saturated carbocycles. The van der Waals surface area contributed by atoms with Crippen LogP contribution in [0.4, 0.5) is 0 Å². The number of hydrogen-bond donors (Lipinski definition) is 1. The van der Waals surface area contributed by atoms with Gasteiger partial charge >= 0.3 is 5.97 Å². The van der Waals surface area contributed by atoms with Crippen molar-refractivity contribution in [1.82, 2.24) is 4.90 Å². The number of methoxy groups -OCH3 is 1. The lowest BCUT2D eigenvalue weighted by Gasteiger charge is -2.16. The van der Waals surface area contributed by atoms with Crippen molar-refractivity contribution in [3.05, 3.63) is 28.8 Å². The third-order valence-corrected chi connectivity index (χ3v) is 3.62. The van der Waals surface area contributed by atoms with Crippen molar-refractivity contribution in [2.75, 3.05) is 20.7 Å². The van der Waals surface area contributed by atoms with Crippen LogP contribution in [-0.2, 0) is 16.0 Å². The van der Waals surface area contributed by atoms with Crippen LogP contribution < -0.4 is 4.74 Å². The van der Waals surface area contributed by atoms with Gasteiger partial charge in [0.1, 0.15) is 5.75 Å². The predicted octanol–water partition coefficient (Wildman–Crippen LogP) is 2.57. The molecule has 0 aliphatic heterocycles. The Bertz CT molecular complexity index is 540. The van der Waals surface area contributed by atoms with Crippen molar-refractivity contribution in [3.63, 3.8) is 0 Å². The van der Waals surface area contributed by atoms with Gasteiger partial charge in [0.2, 0.25) is 5.91 Å². The van der Waals surface area contributed by atoms with Crippen LogP contribution in [0.1, 0.15) is 36.0 Å². The number of hydrogen-bond acceptors (Lipinski definition) is 3. The Kier molecular flexibility index (Phi) is 6.89. The highest BCUT2D eigenvalue weighted by Gasteiger charge is 2.12. The van der Waals surface area contributed by atoms with Crippen LogP contribution in [0.5, 0.6) is 5.75 Å². The van der Waals surface area contributed by atoms with E-state index in [1.54, 1.807) is 14.2 Å². The van der Waals surface area contributed by atoms with E-state index in [0.29, 0.717) is 6.42 Å². The minimum atomic E-state index is -0.889. The number of nitrogens with zero attached hydrogens (tertiary/aromatic N) is 1. The molecule has 0 spiro atoms. The van der Waals surface area contributed by atoms with Gasteiger partial charge in [0.25, 0.3) is 0 Å². The summed E-state index contributed by atoms with van der Waals surface area (Å²) in [6, 6.07) is 4.16. The normalized spacial score (nSPS) is 10.4. The molecule has 0 saturated heterocycles. The number of carbonyl (C=O) groups excluding carboxylic acids is 1. The average Bonchev–Trinajstić information content (AvgIpc) is 2.44. The maximum atomic E-state index is 11.9. The lowest BCUT2D eigenvalue weighted by molar-refractivity contribution is -0.138. The first kappa shape index (κ1) is 18.0. The zero-order valence-electron chi connectivity index (χ0n) is 13.8. The molecule has 1 aromatic rings. The molecule has 0 aromatic heterocycles. The number of aliphatic carboxylic acids is 1. The van der Waals surface area contributed by atoms with Gasteiger partial charge in [-0.15, -0.1) is 0 Å². The molecule has 0 unspecified atom stereocenters. The standard InChI is InChI=1S/C17H25NO4/c1-12-10-13(2)17(22-4)14(11-12)6-5-7-15(19)18(3)9-8-16(20)21/h10-11H,5-9H2,1-4H3,(H,20,21). The molecule has 0 bridgehead atoms. The van der Waals surface area contributed by atoms with Gasteiger partial charge in [-0.2, -0.15) is 0 Å². The van der Waals surface area contributed by atoms with Crippen molar-refractivity contribution in [3.8, 4) is 5.75 Å². The van der Waals surface area contributed by atoms with Crippen LogP contribution in [0.3, 0.4) is 0 Å². The van der Waals surface area contributed by atoms with Crippen LogP contribution in [0.25, 0.3) is 0 Å². The van der Waals surface area contributed by atoms with Crippen molar-refractivity contribution in [1.29, 1.82) is 0 Å². The fourth-order valence-electron chi connectivity index (χ4n) is 2.53. The molecule has 1 aromatic carbocycles. The summed E-state index contributed by atoms with van der Waals surface area (Å²) < 4.78 is 5.44. The molecule has 0 heterocycles. The zero-order chi connectivity index (χ0) is 16.7. The Morgan fingerprint density at radius 1 is 1.23 bits per heavy atom. The van der Waals surface area contributed by atoms with Gasteiger partial charge in [-0.25, -0.2) is 0 Å². The lowest BCUT2D eigenvalue weighted by atomic mass is 10.0. The largest absolute Gasteiger partial charge is 0.496 e. The van der Waals surface area contributed by atoms with Gasteiger partial charge in [-0.3, -0.25) is 9.59 Å². The summed E-state index contributed by atoms with van der Waals surface area (Å²) in [6.45, 7) is 4.31. The first-order valence-corrected chi connectivity index (χ1v) is 7.45. The second-order valence-electron chi connectivity index (χ2n) is 5.59. The Hall–Kier alpha value is -2.04. The van der Waals surface area contributed by atoms with Gasteiger partial charge in [0.05, 0.1) is 13.5 Å². The summed E-state index contributed by atoms with van der Waals surface area (Å²) in [5.41, 5.74) is 3.39. The number of amides is 1. The molecule has 0 atom stereocenters. The van der Waals surface area contributed by atoms with E-state index in [1.807, 2.05) is 13.8 Å². The number of benzene rings is 1. The van der Waals surface area contributed by atoms with E-state index in [4.69, 9.17) is 9.84 Å². The van der Waals surface area contributed by atoms with Crippen LogP contribution in [0, 0.1) is 13.8 Å². The molecule has 1 rings (SSSR count). The topological polar surface area (TPSA) is 66.8 Å². The van der Waals surface area contributed by atoms with Crippen LogP contribution in [-0.4, -0.2) is 42.6 Å². The van der Waals surface area contributed by atoms with E-state index < -0.39 is 5.97 Å².